The summed E-state index contributed by atoms with van der Waals surface area (Å²) in [5, 5.41) is 14.0. The number of rotatable bonds is 5. The van der Waals surface area contributed by atoms with Gasteiger partial charge in [-0.2, -0.15) is 0 Å². The van der Waals surface area contributed by atoms with Gasteiger partial charge in [-0.05, 0) is 43.2 Å². The summed E-state index contributed by atoms with van der Waals surface area (Å²) in [6, 6.07) is 21.1. The van der Waals surface area contributed by atoms with Crippen molar-refractivity contribution in [3.8, 4) is 17.0 Å². The van der Waals surface area contributed by atoms with Gasteiger partial charge in [0.25, 0.3) is 0 Å². The number of aromatic nitrogens is 2. The van der Waals surface area contributed by atoms with E-state index in [9.17, 15) is 18.0 Å². The van der Waals surface area contributed by atoms with E-state index in [-0.39, 0.29) is 17.8 Å². The Hall–Kier alpha value is -4.34. The van der Waals surface area contributed by atoms with Crippen LogP contribution in [0.3, 0.4) is 0 Å². The first-order valence-electron chi connectivity index (χ1n) is 12.7. The number of nitrogens with one attached hydrogen (secondary N) is 1. The standard InChI is InChI=1S/C29H28F3N5O2/c1-3-20-8-10-21(11-9-20)26-24-6-4-5-7-25(24)27(35-34-26)37-17-16-36(18-19(37)2)28(38)33-22-12-14-23(15-13-22)39-29(30,31)32/h4-15,19H,3,16-18H2,1-2H3,(H,33,38)/t19-/m0/s1. The second-order valence-corrected chi connectivity index (χ2v) is 9.46. The molecule has 7 nitrogen and oxygen atoms in total. The Kier molecular flexibility index (Phi) is 7.28. The van der Waals surface area contributed by atoms with Gasteiger partial charge < -0.3 is 19.9 Å². The number of piperazine rings is 1. The van der Waals surface area contributed by atoms with Crippen LogP contribution in [0.5, 0.6) is 5.75 Å². The smallest absolute Gasteiger partial charge is 0.406 e. The van der Waals surface area contributed by atoms with Gasteiger partial charge >= 0.3 is 12.4 Å². The second kappa shape index (κ2) is 10.8. The molecule has 3 aromatic carbocycles. The van der Waals surface area contributed by atoms with Gasteiger partial charge in [-0.15, -0.1) is 23.4 Å². The molecule has 5 rings (SSSR count). The maximum absolute atomic E-state index is 12.9. The molecule has 1 atom stereocenters. The van der Waals surface area contributed by atoms with Crippen LogP contribution in [0, 0.1) is 0 Å². The Bertz CT molecular complexity index is 1460. The molecule has 1 saturated heterocycles. The average molecular weight is 536 g/mol. The van der Waals surface area contributed by atoms with Gasteiger partial charge in [0.05, 0.1) is 0 Å². The number of anilines is 2. The minimum atomic E-state index is -4.77. The predicted molar refractivity (Wildman–Crippen MR) is 145 cm³/mol. The topological polar surface area (TPSA) is 70.6 Å². The van der Waals surface area contributed by atoms with Gasteiger partial charge in [0, 0.05) is 47.7 Å². The Balaban J connectivity index is 1.30. The summed E-state index contributed by atoms with van der Waals surface area (Å²) in [5.41, 5.74) is 3.48. The molecule has 202 valence electrons. The molecular formula is C29H28F3N5O2. The van der Waals surface area contributed by atoms with Crippen LogP contribution >= 0.6 is 0 Å². The molecule has 1 N–H and O–H groups in total. The molecule has 1 aliphatic rings. The van der Waals surface area contributed by atoms with E-state index in [1.807, 2.05) is 25.1 Å². The van der Waals surface area contributed by atoms with Crippen molar-refractivity contribution >= 4 is 28.3 Å². The quantitative estimate of drug-likeness (QED) is 0.316. The summed E-state index contributed by atoms with van der Waals surface area (Å²) in [7, 11) is 0. The van der Waals surface area contributed by atoms with E-state index in [1.54, 1.807) is 4.90 Å². The molecule has 0 radical (unpaired) electrons. The SMILES string of the molecule is CCc1ccc(-c2nnc(N3CCN(C(=O)Nc4ccc(OC(F)(F)F)cc4)C[C@@H]3C)c3ccccc23)cc1. The lowest BCUT2D eigenvalue weighted by Gasteiger charge is -2.40. The van der Waals surface area contributed by atoms with Crippen LogP contribution in [-0.2, 0) is 6.42 Å². The van der Waals surface area contributed by atoms with Crippen LogP contribution in [0.2, 0.25) is 0 Å². The molecule has 0 aliphatic carbocycles. The van der Waals surface area contributed by atoms with Crippen LogP contribution in [-0.4, -0.2) is 53.2 Å². The number of amides is 2. The highest BCUT2D eigenvalue weighted by Gasteiger charge is 2.31. The maximum Gasteiger partial charge on any atom is 0.573 e. The lowest BCUT2D eigenvalue weighted by molar-refractivity contribution is -0.274. The summed E-state index contributed by atoms with van der Waals surface area (Å²) in [4.78, 5) is 16.7. The molecule has 0 bridgehead atoms. The van der Waals surface area contributed by atoms with Crippen LogP contribution < -0.4 is 15.0 Å². The Labute approximate surface area is 224 Å². The molecule has 1 fully saturated rings. The molecule has 4 aromatic rings. The number of nitrogens with zero attached hydrogens (tertiary/aromatic N) is 4. The number of carbonyl (C=O) groups is 1. The number of carbonyl (C=O) groups excluding carboxylic acids is 1. The third-order valence-electron chi connectivity index (χ3n) is 6.83. The molecule has 0 saturated carbocycles. The largest absolute Gasteiger partial charge is 0.573 e. The summed E-state index contributed by atoms with van der Waals surface area (Å²) in [6.45, 7) is 5.59. The maximum atomic E-state index is 12.9. The second-order valence-electron chi connectivity index (χ2n) is 9.46. The fourth-order valence-electron chi connectivity index (χ4n) is 4.81. The van der Waals surface area contributed by atoms with Crippen LogP contribution in [0.15, 0.2) is 72.8 Å². The van der Waals surface area contributed by atoms with E-state index < -0.39 is 6.36 Å². The van der Waals surface area contributed by atoms with Crippen LogP contribution in [0.25, 0.3) is 22.0 Å². The van der Waals surface area contributed by atoms with Crippen molar-refractivity contribution in [3.63, 3.8) is 0 Å². The highest BCUT2D eigenvalue weighted by Crippen LogP contribution is 2.33. The zero-order chi connectivity index (χ0) is 27.6. The average Bonchev–Trinajstić information content (AvgIpc) is 2.93. The third kappa shape index (κ3) is 5.89. The van der Waals surface area contributed by atoms with Crippen molar-refractivity contribution in [2.24, 2.45) is 0 Å². The Morgan fingerprint density at radius 1 is 0.974 bits per heavy atom. The molecular weight excluding hydrogens is 507 g/mol. The number of hydrogen-bond acceptors (Lipinski definition) is 5. The van der Waals surface area contributed by atoms with Gasteiger partial charge in [-0.3, -0.25) is 0 Å². The molecule has 2 amide bonds. The number of halogens is 3. The zero-order valence-electron chi connectivity index (χ0n) is 21.6. The number of hydrogen-bond donors (Lipinski definition) is 1. The molecule has 0 spiro atoms. The molecule has 2 heterocycles. The number of alkyl halides is 3. The van der Waals surface area contributed by atoms with Gasteiger partial charge in [-0.25, -0.2) is 4.79 Å². The van der Waals surface area contributed by atoms with Crippen LogP contribution in [0.1, 0.15) is 19.4 Å². The molecule has 1 aliphatic heterocycles. The highest BCUT2D eigenvalue weighted by molar-refractivity contribution is 6.00. The fraction of sp³-hybridized carbons (Fsp3) is 0.276. The van der Waals surface area contributed by atoms with E-state index in [2.05, 4.69) is 62.4 Å². The van der Waals surface area contributed by atoms with Crippen molar-refractivity contribution in [1.82, 2.24) is 15.1 Å². The molecule has 10 heteroatoms. The number of urea groups is 1. The van der Waals surface area contributed by atoms with Crippen molar-refractivity contribution in [2.75, 3.05) is 29.9 Å². The predicted octanol–water partition coefficient (Wildman–Crippen LogP) is 6.50. The summed E-state index contributed by atoms with van der Waals surface area (Å²) >= 11 is 0. The lowest BCUT2D eigenvalue weighted by atomic mass is 10.0. The van der Waals surface area contributed by atoms with E-state index in [0.717, 1.165) is 46.4 Å². The molecule has 39 heavy (non-hydrogen) atoms. The number of benzene rings is 3. The summed E-state index contributed by atoms with van der Waals surface area (Å²) < 4.78 is 41.0. The van der Waals surface area contributed by atoms with E-state index >= 15 is 0 Å². The normalized spacial score (nSPS) is 15.9. The van der Waals surface area contributed by atoms with Crippen LogP contribution in [0.4, 0.5) is 29.5 Å². The van der Waals surface area contributed by atoms with Gasteiger partial charge in [0.1, 0.15) is 11.4 Å². The number of aryl methyl sites for hydroxylation is 1. The van der Waals surface area contributed by atoms with Crippen molar-refractivity contribution < 1.29 is 22.7 Å². The third-order valence-corrected chi connectivity index (χ3v) is 6.83. The van der Waals surface area contributed by atoms with Gasteiger partial charge in [0.2, 0.25) is 0 Å². The van der Waals surface area contributed by atoms with E-state index in [4.69, 9.17) is 0 Å². The Morgan fingerprint density at radius 3 is 2.31 bits per heavy atom. The lowest BCUT2D eigenvalue weighted by Crippen LogP contribution is -2.55. The van der Waals surface area contributed by atoms with Gasteiger partial charge in [0.15, 0.2) is 5.82 Å². The minimum absolute atomic E-state index is 0.0422. The molecule has 1 aromatic heterocycles. The fourth-order valence-corrected chi connectivity index (χ4v) is 4.81. The van der Waals surface area contributed by atoms with Gasteiger partial charge in [-0.1, -0.05) is 55.5 Å². The number of fused-ring (bicyclic) bond motifs is 1. The van der Waals surface area contributed by atoms with Crippen molar-refractivity contribution in [1.29, 1.82) is 0 Å². The van der Waals surface area contributed by atoms with E-state index in [1.165, 1.54) is 17.7 Å². The van der Waals surface area contributed by atoms with E-state index in [0.29, 0.717) is 25.3 Å². The number of ether oxygens (including phenoxy) is 1. The van der Waals surface area contributed by atoms with Crippen molar-refractivity contribution in [2.45, 2.75) is 32.7 Å². The monoisotopic (exact) mass is 535 g/mol. The zero-order valence-corrected chi connectivity index (χ0v) is 21.6. The summed E-state index contributed by atoms with van der Waals surface area (Å²) in [6.07, 6.45) is -3.80. The first-order chi connectivity index (χ1) is 18.7. The first-order valence-corrected chi connectivity index (χ1v) is 12.7. The highest BCUT2D eigenvalue weighted by atomic mass is 19.4. The molecule has 0 unspecified atom stereocenters. The summed E-state index contributed by atoms with van der Waals surface area (Å²) in [5.74, 6) is 0.424. The minimum Gasteiger partial charge on any atom is -0.406 e. The van der Waals surface area contributed by atoms with Crippen molar-refractivity contribution in [3.05, 3.63) is 78.4 Å². The Morgan fingerprint density at radius 2 is 1.67 bits per heavy atom. The first kappa shape index (κ1) is 26.3.